The molecular weight excluding hydrogens is 352 g/mol. The van der Waals surface area contributed by atoms with Gasteiger partial charge in [0.05, 0.1) is 12.7 Å². The first-order valence-corrected chi connectivity index (χ1v) is 8.81. The van der Waals surface area contributed by atoms with Crippen molar-refractivity contribution in [3.8, 4) is 11.5 Å². The van der Waals surface area contributed by atoms with Crippen LogP contribution in [0.1, 0.15) is 31.8 Å². The summed E-state index contributed by atoms with van der Waals surface area (Å²) >= 11 is 0. The number of benzene rings is 3. The van der Waals surface area contributed by atoms with Crippen molar-refractivity contribution in [2.45, 2.75) is 6.92 Å². The van der Waals surface area contributed by atoms with Crippen molar-refractivity contribution in [1.82, 2.24) is 0 Å². The van der Waals surface area contributed by atoms with Gasteiger partial charge < -0.3 is 9.47 Å². The van der Waals surface area contributed by atoms with Crippen LogP contribution in [-0.2, 0) is 0 Å². The van der Waals surface area contributed by atoms with Crippen LogP contribution in [-0.4, -0.2) is 18.9 Å². The summed E-state index contributed by atoms with van der Waals surface area (Å²) in [4.78, 5) is 24.6. The van der Waals surface area contributed by atoms with E-state index in [9.17, 15) is 9.59 Å². The van der Waals surface area contributed by atoms with Crippen LogP contribution in [0.2, 0.25) is 0 Å². The number of methoxy groups -OCH3 is 1. The molecule has 0 aliphatic heterocycles. The van der Waals surface area contributed by atoms with Gasteiger partial charge in [-0.15, -0.1) is 0 Å². The van der Waals surface area contributed by atoms with Crippen molar-refractivity contribution in [2.24, 2.45) is 0 Å². The van der Waals surface area contributed by atoms with Crippen molar-refractivity contribution in [3.63, 3.8) is 0 Å². The smallest absolute Gasteiger partial charge is 0.343 e. The van der Waals surface area contributed by atoms with E-state index < -0.39 is 5.97 Å². The van der Waals surface area contributed by atoms with Crippen LogP contribution >= 0.6 is 0 Å². The Morgan fingerprint density at radius 2 is 1.61 bits per heavy atom. The van der Waals surface area contributed by atoms with Gasteiger partial charge in [-0.05, 0) is 66.6 Å². The van der Waals surface area contributed by atoms with Crippen molar-refractivity contribution < 1.29 is 19.1 Å². The van der Waals surface area contributed by atoms with Gasteiger partial charge in [0.1, 0.15) is 11.5 Å². The van der Waals surface area contributed by atoms with Gasteiger partial charge in [0, 0.05) is 5.56 Å². The van der Waals surface area contributed by atoms with E-state index in [1.54, 1.807) is 67.8 Å². The predicted octanol–water partition coefficient (Wildman–Crippen LogP) is 5.12. The fourth-order valence-corrected chi connectivity index (χ4v) is 2.67. The number of ether oxygens (including phenoxy) is 2. The molecule has 4 heteroatoms. The summed E-state index contributed by atoms with van der Waals surface area (Å²) in [6.07, 6.45) is 3.18. The first-order chi connectivity index (χ1) is 13.6. The lowest BCUT2D eigenvalue weighted by molar-refractivity contribution is 0.0733. The molecule has 0 saturated carbocycles. The Labute approximate surface area is 164 Å². The standard InChI is InChI=1S/C24H20O4/c1-17-6-3-4-9-22(17)24(26)28-21-8-5-7-18(16-21)10-15-23(25)19-11-13-20(27-2)14-12-19/h3-16H,1-2H3/b15-10+. The topological polar surface area (TPSA) is 52.6 Å². The second-order valence-corrected chi connectivity index (χ2v) is 6.20. The minimum Gasteiger partial charge on any atom is -0.497 e. The maximum atomic E-state index is 12.3. The molecule has 0 atom stereocenters. The first kappa shape index (κ1) is 19.1. The highest BCUT2D eigenvalue weighted by atomic mass is 16.5. The molecule has 3 rings (SSSR count). The van der Waals surface area contributed by atoms with Crippen LogP contribution < -0.4 is 9.47 Å². The minimum absolute atomic E-state index is 0.120. The highest BCUT2D eigenvalue weighted by Gasteiger charge is 2.11. The lowest BCUT2D eigenvalue weighted by atomic mass is 10.1. The van der Waals surface area contributed by atoms with Gasteiger partial charge in [0.2, 0.25) is 0 Å². The fourth-order valence-electron chi connectivity index (χ4n) is 2.67. The van der Waals surface area contributed by atoms with Crippen molar-refractivity contribution in [1.29, 1.82) is 0 Å². The number of aryl methyl sites for hydroxylation is 1. The molecule has 0 spiro atoms. The SMILES string of the molecule is COc1ccc(C(=O)/C=C/c2cccc(OC(=O)c3ccccc3C)c2)cc1. The van der Waals surface area contributed by atoms with Crippen molar-refractivity contribution in [2.75, 3.05) is 7.11 Å². The van der Waals surface area contributed by atoms with E-state index in [0.717, 1.165) is 11.1 Å². The molecule has 0 bridgehead atoms. The number of hydrogen-bond donors (Lipinski definition) is 0. The largest absolute Gasteiger partial charge is 0.497 e. The van der Waals surface area contributed by atoms with E-state index >= 15 is 0 Å². The third kappa shape index (κ3) is 4.74. The second-order valence-electron chi connectivity index (χ2n) is 6.20. The molecule has 0 radical (unpaired) electrons. The Morgan fingerprint density at radius 1 is 0.857 bits per heavy atom. The molecule has 3 aromatic rings. The van der Waals surface area contributed by atoms with E-state index in [2.05, 4.69) is 0 Å². The Balaban J connectivity index is 1.70. The molecule has 0 fully saturated rings. The second kappa shape index (κ2) is 8.82. The zero-order chi connectivity index (χ0) is 19.9. The first-order valence-electron chi connectivity index (χ1n) is 8.81. The number of ketones is 1. The summed E-state index contributed by atoms with van der Waals surface area (Å²) in [6, 6.07) is 21.2. The van der Waals surface area contributed by atoms with Crippen LogP contribution in [0.25, 0.3) is 6.08 Å². The summed E-state index contributed by atoms with van der Waals surface area (Å²) in [6.45, 7) is 1.86. The Bertz CT molecular complexity index is 1020. The zero-order valence-corrected chi connectivity index (χ0v) is 15.7. The van der Waals surface area contributed by atoms with E-state index in [1.165, 1.54) is 6.08 Å². The normalized spacial score (nSPS) is 10.6. The maximum Gasteiger partial charge on any atom is 0.343 e. The highest BCUT2D eigenvalue weighted by molar-refractivity contribution is 6.06. The number of allylic oxidation sites excluding steroid dienone is 1. The molecule has 0 aromatic heterocycles. The summed E-state index contributed by atoms with van der Waals surface area (Å²) in [7, 11) is 1.58. The highest BCUT2D eigenvalue weighted by Crippen LogP contribution is 2.18. The van der Waals surface area contributed by atoms with Gasteiger partial charge in [0.25, 0.3) is 0 Å². The van der Waals surface area contributed by atoms with E-state index in [4.69, 9.17) is 9.47 Å². The molecule has 0 aliphatic rings. The molecule has 0 amide bonds. The molecule has 0 N–H and O–H groups in total. The number of rotatable bonds is 6. The van der Waals surface area contributed by atoms with Crippen LogP contribution in [0.3, 0.4) is 0 Å². The third-order valence-electron chi connectivity index (χ3n) is 4.24. The number of carbonyl (C=O) groups excluding carboxylic acids is 2. The quantitative estimate of drug-likeness (QED) is 0.261. The molecular formula is C24H20O4. The average molecular weight is 372 g/mol. The Hall–Kier alpha value is -3.66. The maximum absolute atomic E-state index is 12.3. The summed E-state index contributed by atoms with van der Waals surface area (Å²) in [5, 5.41) is 0. The molecule has 0 aliphatic carbocycles. The van der Waals surface area contributed by atoms with E-state index in [1.807, 2.05) is 25.1 Å². The number of esters is 1. The van der Waals surface area contributed by atoms with Crippen molar-refractivity contribution in [3.05, 3.63) is 101 Å². The number of hydrogen-bond acceptors (Lipinski definition) is 4. The molecule has 0 heterocycles. The van der Waals surface area contributed by atoms with Gasteiger partial charge in [-0.3, -0.25) is 4.79 Å². The summed E-state index contributed by atoms with van der Waals surface area (Å²) in [5.74, 6) is 0.592. The Kier molecular flexibility index (Phi) is 6.02. The fraction of sp³-hybridized carbons (Fsp3) is 0.0833. The molecule has 140 valence electrons. The van der Waals surface area contributed by atoms with Crippen LogP contribution in [0.5, 0.6) is 11.5 Å². The zero-order valence-electron chi connectivity index (χ0n) is 15.7. The van der Waals surface area contributed by atoms with E-state index in [-0.39, 0.29) is 5.78 Å². The summed E-state index contributed by atoms with van der Waals surface area (Å²) in [5.41, 5.74) is 2.71. The van der Waals surface area contributed by atoms with Crippen LogP contribution in [0.4, 0.5) is 0 Å². The summed E-state index contributed by atoms with van der Waals surface area (Å²) < 4.78 is 10.6. The van der Waals surface area contributed by atoms with Crippen LogP contribution in [0, 0.1) is 6.92 Å². The Morgan fingerprint density at radius 3 is 2.32 bits per heavy atom. The lowest BCUT2D eigenvalue weighted by Crippen LogP contribution is -2.10. The minimum atomic E-state index is -0.409. The molecule has 3 aromatic carbocycles. The predicted molar refractivity (Wildman–Crippen MR) is 109 cm³/mol. The van der Waals surface area contributed by atoms with Crippen LogP contribution in [0.15, 0.2) is 78.9 Å². The average Bonchev–Trinajstić information content (AvgIpc) is 2.72. The van der Waals surface area contributed by atoms with E-state index in [0.29, 0.717) is 22.6 Å². The molecule has 0 saturated heterocycles. The molecule has 0 unspecified atom stereocenters. The third-order valence-corrected chi connectivity index (χ3v) is 4.24. The monoisotopic (exact) mass is 372 g/mol. The molecule has 28 heavy (non-hydrogen) atoms. The van der Waals surface area contributed by atoms with Gasteiger partial charge in [-0.25, -0.2) is 4.79 Å². The van der Waals surface area contributed by atoms with Gasteiger partial charge in [-0.1, -0.05) is 36.4 Å². The van der Waals surface area contributed by atoms with Gasteiger partial charge in [0.15, 0.2) is 5.78 Å². The van der Waals surface area contributed by atoms with Crippen molar-refractivity contribution >= 4 is 17.8 Å². The van der Waals surface area contributed by atoms with Gasteiger partial charge in [-0.2, -0.15) is 0 Å². The molecule has 4 nitrogen and oxygen atoms in total. The number of carbonyl (C=O) groups is 2. The lowest BCUT2D eigenvalue weighted by Gasteiger charge is -2.07. The van der Waals surface area contributed by atoms with Gasteiger partial charge >= 0.3 is 5.97 Å².